The zero-order valence-corrected chi connectivity index (χ0v) is 43.7. The van der Waals surface area contributed by atoms with Gasteiger partial charge >= 0.3 is 5.97 Å². The predicted octanol–water partition coefficient (Wildman–Crippen LogP) is 18.9. The summed E-state index contributed by atoms with van der Waals surface area (Å²) in [5.41, 5.74) is 16.2. The van der Waals surface area contributed by atoms with Crippen molar-refractivity contribution in [1.82, 2.24) is 8.75 Å². The lowest BCUT2D eigenvalue weighted by Crippen LogP contribution is -2.30. The monoisotopic (exact) mass is 967 g/mol. The fourth-order valence-corrected chi connectivity index (χ4v) is 14.0. The van der Waals surface area contributed by atoms with Crippen LogP contribution in [0.3, 0.4) is 0 Å². The van der Waals surface area contributed by atoms with E-state index in [1.54, 1.807) is 22.8 Å². The Labute approximate surface area is 422 Å². The number of aromatic nitrogens is 2. The minimum atomic E-state index is -0.891. The van der Waals surface area contributed by atoms with Gasteiger partial charge in [0.25, 0.3) is 0 Å². The molecule has 8 heteroatoms. The number of benzene rings is 5. The standard InChI is InChI=1S/C61H65N3O2S3/c1-8-12-14-42(10-3)37-61(38-43(11-4)15-13-9-2)58-52(35-54(67-58)46-22-20-44(21-23-46)34-41(7)60(65)66)53-36-55(68-59(53)61)51-33-32-50(56-57(51)63-69-62-56)45-24-30-49(31-25-45)64(47-26-16-39(5)17-27-47)48-28-18-40(6)19-29-48/h16-36,42-43H,8-15,37-38H2,1-7H3,(H,65,66)/b41-34+. The smallest absolute Gasteiger partial charge is 0.331 e. The molecule has 5 nitrogen and oxygen atoms in total. The largest absolute Gasteiger partial charge is 0.478 e. The van der Waals surface area contributed by atoms with Crippen LogP contribution in [0.15, 0.2) is 127 Å². The number of hydrogen-bond donors (Lipinski definition) is 1. The number of aryl methyl sites for hydroxylation is 2. The first kappa shape index (κ1) is 48.4. The minimum absolute atomic E-state index is 0.0766. The highest BCUT2D eigenvalue weighted by Gasteiger charge is 2.48. The normalized spacial score (nSPS) is 15.3. The molecule has 9 rings (SSSR count). The second-order valence-electron chi connectivity index (χ2n) is 19.5. The second kappa shape index (κ2) is 21.1. The van der Waals surface area contributed by atoms with Crippen LogP contribution in [0.2, 0.25) is 0 Å². The molecule has 0 radical (unpaired) electrons. The maximum atomic E-state index is 11.6. The van der Waals surface area contributed by atoms with E-state index in [0.717, 1.165) is 63.2 Å². The van der Waals surface area contributed by atoms with Gasteiger partial charge in [0.1, 0.15) is 11.0 Å². The van der Waals surface area contributed by atoms with Crippen molar-refractivity contribution >= 4 is 74.5 Å². The van der Waals surface area contributed by atoms with E-state index >= 15 is 0 Å². The molecule has 0 spiro atoms. The summed E-state index contributed by atoms with van der Waals surface area (Å²) in [5.74, 6) is 0.374. The van der Waals surface area contributed by atoms with Gasteiger partial charge in [0, 0.05) is 58.7 Å². The summed E-state index contributed by atoms with van der Waals surface area (Å²) in [6.07, 6.45) is 13.9. The van der Waals surface area contributed by atoms with Crippen LogP contribution < -0.4 is 4.90 Å². The van der Waals surface area contributed by atoms with E-state index in [9.17, 15) is 9.90 Å². The summed E-state index contributed by atoms with van der Waals surface area (Å²) in [6, 6.07) is 44.4. The molecule has 69 heavy (non-hydrogen) atoms. The zero-order chi connectivity index (χ0) is 48.2. The van der Waals surface area contributed by atoms with Crippen molar-refractivity contribution in [3.8, 4) is 43.1 Å². The van der Waals surface area contributed by atoms with Crippen LogP contribution in [-0.4, -0.2) is 19.8 Å². The molecule has 1 aliphatic rings. The minimum Gasteiger partial charge on any atom is -0.478 e. The van der Waals surface area contributed by atoms with Gasteiger partial charge in [-0.25, -0.2) is 4.79 Å². The van der Waals surface area contributed by atoms with Gasteiger partial charge in [-0.05, 0) is 128 Å². The van der Waals surface area contributed by atoms with Crippen LogP contribution in [0.25, 0.3) is 60.2 Å². The Bertz CT molecular complexity index is 3000. The summed E-state index contributed by atoms with van der Waals surface area (Å²) in [5, 5.41) is 9.53. The summed E-state index contributed by atoms with van der Waals surface area (Å²) in [6.45, 7) is 15.4. The molecule has 0 saturated heterocycles. The molecule has 8 aromatic rings. The lowest BCUT2D eigenvalue weighted by Gasteiger charge is -2.37. The van der Waals surface area contributed by atoms with Crippen molar-refractivity contribution < 1.29 is 9.90 Å². The Morgan fingerprint density at radius 3 is 1.58 bits per heavy atom. The number of carbonyl (C=O) groups is 1. The number of nitrogens with zero attached hydrogens (tertiary/aromatic N) is 3. The van der Waals surface area contributed by atoms with E-state index in [2.05, 4.69) is 168 Å². The van der Waals surface area contributed by atoms with Crippen molar-refractivity contribution in [2.45, 2.75) is 118 Å². The molecule has 0 saturated carbocycles. The van der Waals surface area contributed by atoms with Gasteiger partial charge in [-0.15, -0.1) is 22.7 Å². The molecular weight excluding hydrogens is 903 g/mol. The van der Waals surface area contributed by atoms with Gasteiger partial charge in [0.2, 0.25) is 0 Å². The number of hydrogen-bond acceptors (Lipinski definition) is 7. The number of fused-ring (bicyclic) bond motifs is 4. The molecule has 1 aliphatic carbocycles. The van der Waals surface area contributed by atoms with E-state index in [4.69, 9.17) is 8.75 Å². The third kappa shape index (κ3) is 9.91. The first-order chi connectivity index (χ1) is 33.5. The second-order valence-corrected chi connectivity index (χ2v) is 22.1. The Morgan fingerprint density at radius 2 is 1.07 bits per heavy atom. The first-order valence-corrected chi connectivity index (χ1v) is 27.5. The number of anilines is 3. The molecule has 0 amide bonds. The summed E-state index contributed by atoms with van der Waals surface area (Å²) >= 11 is 5.32. The van der Waals surface area contributed by atoms with Crippen molar-refractivity contribution in [3.63, 3.8) is 0 Å². The number of rotatable bonds is 20. The Morgan fingerprint density at radius 1 is 0.609 bits per heavy atom. The third-order valence-electron chi connectivity index (χ3n) is 14.6. The maximum absolute atomic E-state index is 11.6. The quantitative estimate of drug-likeness (QED) is 0.0771. The number of aliphatic carboxylic acids is 1. The molecule has 2 unspecified atom stereocenters. The lowest BCUT2D eigenvalue weighted by molar-refractivity contribution is -0.132. The molecule has 0 aliphatic heterocycles. The van der Waals surface area contributed by atoms with Crippen LogP contribution in [0.5, 0.6) is 0 Å². The van der Waals surface area contributed by atoms with E-state index < -0.39 is 5.97 Å². The Balaban J connectivity index is 1.13. The molecule has 0 bridgehead atoms. The number of unbranched alkanes of at least 4 members (excludes halogenated alkanes) is 2. The SMILES string of the molecule is CCCCC(CC)CC1(CC(CC)CCCC)c2sc(-c3ccc(/C=C(\C)C(=O)O)cc3)cc2-c2cc(-c3ccc(-c4ccc(N(c5ccc(C)cc5)c5ccc(C)cc5)cc4)c4nsnc34)sc21. The first-order valence-electron chi connectivity index (χ1n) is 25.1. The van der Waals surface area contributed by atoms with Gasteiger partial charge < -0.3 is 10.0 Å². The average molecular weight is 968 g/mol. The fourth-order valence-electron chi connectivity index (χ4n) is 10.6. The van der Waals surface area contributed by atoms with Crippen LogP contribution in [0.1, 0.15) is 125 Å². The van der Waals surface area contributed by atoms with Crippen LogP contribution in [0, 0.1) is 25.7 Å². The van der Waals surface area contributed by atoms with Crippen molar-refractivity contribution in [2.75, 3.05) is 4.90 Å². The van der Waals surface area contributed by atoms with Gasteiger partial charge in [-0.2, -0.15) is 8.75 Å². The van der Waals surface area contributed by atoms with Crippen LogP contribution in [0.4, 0.5) is 17.1 Å². The average Bonchev–Trinajstić information content (AvgIpc) is 4.18. The molecular formula is C61H65N3O2S3. The molecule has 1 N–H and O–H groups in total. The summed E-state index contributed by atoms with van der Waals surface area (Å²) in [4.78, 5) is 19.6. The fraction of sp³-hybridized carbons (Fsp3) is 0.328. The Hall–Kier alpha value is -5.67. The molecule has 2 atom stereocenters. The zero-order valence-electron chi connectivity index (χ0n) is 41.3. The van der Waals surface area contributed by atoms with Gasteiger partial charge in [-0.3, -0.25) is 0 Å². The molecule has 354 valence electrons. The van der Waals surface area contributed by atoms with Crippen molar-refractivity contribution in [1.29, 1.82) is 0 Å². The van der Waals surface area contributed by atoms with E-state index in [1.165, 1.54) is 101 Å². The molecule has 3 heterocycles. The van der Waals surface area contributed by atoms with E-state index in [-0.39, 0.29) is 5.41 Å². The number of carboxylic acid groups (broad SMARTS) is 1. The highest BCUT2D eigenvalue weighted by molar-refractivity contribution is 7.18. The maximum Gasteiger partial charge on any atom is 0.331 e. The third-order valence-corrected chi connectivity index (χ3v) is 17.9. The van der Waals surface area contributed by atoms with E-state index in [1.807, 2.05) is 22.7 Å². The summed E-state index contributed by atoms with van der Waals surface area (Å²) < 4.78 is 10.0. The highest BCUT2D eigenvalue weighted by Crippen LogP contribution is 2.63. The lowest BCUT2D eigenvalue weighted by atomic mass is 9.70. The van der Waals surface area contributed by atoms with E-state index in [0.29, 0.717) is 17.4 Å². The highest BCUT2D eigenvalue weighted by atomic mass is 32.1. The van der Waals surface area contributed by atoms with Crippen LogP contribution >= 0.6 is 34.4 Å². The number of thiophene rings is 2. The predicted molar refractivity (Wildman–Crippen MR) is 297 cm³/mol. The van der Waals surface area contributed by atoms with Crippen molar-refractivity contribution in [3.05, 3.63) is 153 Å². The Kier molecular flexibility index (Phi) is 14.8. The summed E-state index contributed by atoms with van der Waals surface area (Å²) in [7, 11) is 0. The molecule has 3 aromatic heterocycles. The number of carboxylic acids is 1. The van der Waals surface area contributed by atoms with Crippen molar-refractivity contribution in [2.24, 2.45) is 11.8 Å². The van der Waals surface area contributed by atoms with Gasteiger partial charge in [0.15, 0.2) is 0 Å². The van der Waals surface area contributed by atoms with Gasteiger partial charge in [0.05, 0.1) is 11.7 Å². The molecule has 5 aromatic carbocycles. The van der Waals surface area contributed by atoms with Crippen LogP contribution in [-0.2, 0) is 10.2 Å². The topological polar surface area (TPSA) is 66.3 Å². The molecule has 0 fully saturated rings. The van der Waals surface area contributed by atoms with Gasteiger partial charge in [-0.1, -0.05) is 163 Å².